The van der Waals surface area contributed by atoms with E-state index >= 15 is 0 Å². The Morgan fingerprint density at radius 3 is 2.73 bits per heavy atom. The lowest BCUT2D eigenvalue weighted by Gasteiger charge is -2.10. The Morgan fingerprint density at radius 1 is 1.40 bits per heavy atom. The summed E-state index contributed by atoms with van der Waals surface area (Å²) in [6.45, 7) is 9.91. The fraction of sp³-hybridized carbons (Fsp3) is 0.385. The smallest absolute Gasteiger partial charge is 0.0570 e. The van der Waals surface area contributed by atoms with Crippen LogP contribution in [-0.4, -0.2) is 12.9 Å². The maximum Gasteiger partial charge on any atom is 0.0570 e. The molecule has 0 N–H and O–H groups in total. The normalized spacial score (nSPS) is 11.2. The molecule has 0 radical (unpaired) electrons. The van der Waals surface area contributed by atoms with E-state index in [-0.39, 0.29) is 0 Å². The van der Waals surface area contributed by atoms with Crippen molar-refractivity contribution < 1.29 is 0 Å². The van der Waals surface area contributed by atoms with Crippen LogP contribution < -0.4 is 0 Å². The van der Waals surface area contributed by atoms with Crippen molar-refractivity contribution in [3.05, 3.63) is 34.9 Å². The number of hydrogen-bond acceptors (Lipinski definition) is 2. The van der Waals surface area contributed by atoms with Crippen LogP contribution in [-0.2, 0) is 6.42 Å². The summed E-state index contributed by atoms with van der Waals surface area (Å²) in [6.07, 6.45) is 2.86. The first-order chi connectivity index (χ1) is 7.15. The third-order valence-corrected chi connectivity index (χ3v) is 2.39. The van der Waals surface area contributed by atoms with Gasteiger partial charge in [-0.1, -0.05) is 32.0 Å². The van der Waals surface area contributed by atoms with Crippen molar-refractivity contribution in [1.29, 1.82) is 0 Å². The summed E-state index contributed by atoms with van der Waals surface area (Å²) in [4.78, 5) is 0. The Morgan fingerprint density at radius 2 is 2.13 bits per heavy atom. The molecule has 0 heterocycles. The highest BCUT2D eigenvalue weighted by Gasteiger charge is 2.04. The van der Waals surface area contributed by atoms with Crippen LogP contribution >= 0.6 is 0 Å². The molecule has 0 saturated carbocycles. The fourth-order valence-corrected chi connectivity index (χ4v) is 1.61. The molecule has 1 aromatic rings. The summed E-state index contributed by atoms with van der Waals surface area (Å²) in [7, 11) is 0. The molecule has 0 amide bonds. The van der Waals surface area contributed by atoms with Gasteiger partial charge in [-0.3, -0.25) is 0 Å². The maximum absolute atomic E-state index is 3.81. The van der Waals surface area contributed by atoms with Crippen LogP contribution in [0.1, 0.15) is 30.5 Å². The highest BCUT2D eigenvalue weighted by molar-refractivity contribution is 5.82. The van der Waals surface area contributed by atoms with Gasteiger partial charge < -0.3 is 0 Å². The monoisotopic (exact) mass is 202 g/mol. The number of benzene rings is 1. The van der Waals surface area contributed by atoms with Crippen molar-refractivity contribution in [2.45, 2.75) is 27.2 Å². The van der Waals surface area contributed by atoms with Gasteiger partial charge in [-0.05, 0) is 36.0 Å². The van der Waals surface area contributed by atoms with Crippen molar-refractivity contribution in [3.63, 3.8) is 0 Å². The lowest BCUT2D eigenvalue weighted by molar-refractivity contribution is 0.645. The van der Waals surface area contributed by atoms with Crippen LogP contribution in [0, 0.1) is 12.8 Å². The van der Waals surface area contributed by atoms with E-state index in [2.05, 4.69) is 49.8 Å². The SMILES string of the molecule is C=N/N=C\c1cccc(CC(C)C)c1C. The fourth-order valence-electron chi connectivity index (χ4n) is 1.61. The summed E-state index contributed by atoms with van der Waals surface area (Å²) in [5.41, 5.74) is 3.80. The Labute approximate surface area is 91.7 Å². The predicted molar refractivity (Wildman–Crippen MR) is 66.9 cm³/mol. The molecule has 1 aromatic carbocycles. The minimum Gasteiger partial charge on any atom is -0.167 e. The molecule has 0 saturated heterocycles. The van der Waals surface area contributed by atoms with Gasteiger partial charge in [-0.15, -0.1) is 0 Å². The largest absolute Gasteiger partial charge is 0.167 e. The van der Waals surface area contributed by atoms with Crippen LogP contribution in [0.5, 0.6) is 0 Å². The Kier molecular flexibility index (Phi) is 4.22. The third-order valence-electron chi connectivity index (χ3n) is 2.39. The van der Waals surface area contributed by atoms with Gasteiger partial charge >= 0.3 is 0 Å². The van der Waals surface area contributed by atoms with E-state index in [1.54, 1.807) is 6.21 Å². The van der Waals surface area contributed by atoms with Gasteiger partial charge in [0.15, 0.2) is 0 Å². The molecule has 2 heteroatoms. The van der Waals surface area contributed by atoms with Crippen molar-refractivity contribution in [2.24, 2.45) is 16.1 Å². The third kappa shape index (κ3) is 3.31. The lowest BCUT2D eigenvalue weighted by atomic mass is 9.96. The van der Waals surface area contributed by atoms with Crippen LogP contribution in [0.25, 0.3) is 0 Å². The maximum atomic E-state index is 3.81. The summed E-state index contributed by atoms with van der Waals surface area (Å²) in [5, 5.41) is 7.29. The van der Waals surface area contributed by atoms with Gasteiger partial charge in [-0.2, -0.15) is 10.2 Å². The molecule has 0 aliphatic carbocycles. The van der Waals surface area contributed by atoms with Gasteiger partial charge in [0.25, 0.3) is 0 Å². The van der Waals surface area contributed by atoms with E-state index < -0.39 is 0 Å². The highest BCUT2D eigenvalue weighted by atomic mass is 15.2. The van der Waals surface area contributed by atoms with Crippen molar-refractivity contribution in [3.8, 4) is 0 Å². The molecule has 80 valence electrons. The van der Waals surface area contributed by atoms with Crippen LogP contribution in [0.3, 0.4) is 0 Å². The van der Waals surface area contributed by atoms with Gasteiger partial charge in [0.05, 0.1) is 6.21 Å². The van der Waals surface area contributed by atoms with Crippen molar-refractivity contribution >= 4 is 12.9 Å². The second-order valence-electron chi connectivity index (χ2n) is 4.12. The Balaban J connectivity index is 2.99. The van der Waals surface area contributed by atoms with Crippen LogP contribution in [0.15, 0.2) is 28.4 Å². The van der Waals surface area contributed by atoms with E-state index in [4.69, 9.17) is 0 Å². The van der Waals surface area contributed by atoms with E-state index in [1.807, 2.05) is 6.07 Å². The molecule has 0 aliphatic rings. The van der Waals surface area contributed by atoms with Crippen molar-refractivity contribution in [2.75, 3.05) is 0 Å². The van der Waals surface area contributed by atoms with Gasteiger partial charge in [-0.25, -0.2) is 0 Å². The number of rotatable bonds is 4. The summed E-state index contributed by atoms with van der Waals surface area (Å²) >= 11 is 0. The topological polar surface area (TPSA) is 24.7 Å². The lowest BCUT2D eigenvalue weighted by Crippen LogP contribution is -1.99. The van der Waals surface area contributed by atoms with E-state index in [0.29, 0.717) is 5.92 Å². The highest BCUT2D eigenvalue weighted by Crippen LogP contribution is 2.16. The van der Waals surface area contributed by atoms with Crippen molar-refractivity contribution in [1.82, 2.24) is 0 Å². The average molecular weight is 202 g/mol. The molecule has 2 nitrogen and oxygen atoms in total. The predicted octanol–water partition coefficient (Wildman–Crippen LogP) is 3.23. The molecular weight excluding hydrogens is 184 g/mol. The average Bonchev–Trinajstić information content (AvgIpc) is 2.19. The second kappa shape index (κ2) is 5.44. The second-order valence-corrected chi connectivity index (χ2v) is 4.12. The van der Waals surface area contributed by atoms with Gasteiger partial charge in [0.2, 0.25) is 0 Å². The quantitative estimate of drug-likeness (QED) is 0.529. The molecule has 0 aliphatic heterocycles. The zero-order valence-corrected chi connectivity index (χ0v) is 9.70. The summed E-state index contributed by atoms with van der Waals surface area (Å²) in [6, 6.07) is 6.29. The van der Waals surface area contributed by atoms with E-state index in [0.717, 1.165) is 12.0 Å². The molecule has 0 aromatic heterocycles. The zero-order valence-electron chi connectivity index (χ0n) is 9.70. The molecule has 15 heavy (non-hydrogen) atoms. The molecule has 0 bridgehead atoms. The molecule has 0 unspecified atom stereocenters. The standard InChI is InChI=1S/C13H18N2/c1-10(2)8-12-6-5-7-13(11(12)3)9-15-14-4/h5-7,9-10H,4,8H2,1-3H3/b15-9-. The minimum absolute atomic E-state index is 0.674. The minimum atomic E-state index is 0.674. The molecular formula is C13H18N2. The molecule has 0 fully saturated rings. The first-order valence-electron chi connectivity index (χ1n) is 5.22. The number of nitrogens with zero attached hydrogens (tertiary/aromatic N) is 2. The number of hydrogen-bond donors (Lipinski definition) is 0. The molecule has 0 spiro atoms. The van der Waals surface area contributed by atoms with E-state index in [9.17, 15) is 0 Å². The summed E-state index contributed by atoms with van der Waals surface area (Å²) in [5.74, 6) is 0.674. The summed E-state index contributed by atoms with van der Waals surface area (Å²) < 4.78 is 0. The van der Waals surface area contributed by atoms with Crippen LogP contribution in [0.2, 0.25) is 0 Å². The van der Waals surface area contributed by atoms with Gasteiger partial charge in [0, 0.05) is 6.72 Å². The van der Waals surface area contributed by atoms with Gasteiger partial charge in [0.1, 0.15) is 0 Å². The Hall–Kier alpha value is -1.44. The molecule has 1 rings (SSSR count). The Bertz CT molecular complexity index is 365. The van der Waals surface area contributed by atoms with Crippen LogP contribution in [0.4, 0.5) is 0 Å². The zero-order chi connectivity index (χ0) is 11.3. The first kappa shape index (κ1) is 11.6. The first-order valence-corrected chi connectivity index (χ1v) is 5.22. The molecule has 0 atom stereocenters. The van der Waals surface area contributed by atoms with E-state index in [1.165, 1.54) is 11.1 Å².